The van der Waals surface area contributed by atoms with Crippen LogP contribution in [0.25, 0.3) is 0 Å². The molecule has 0 saturated heterocycles. The van der Waals surface area contributed by atoms with Crippen LogP contribution in [0.3, 0.4) is 0 Å². The van der Waals surface area contributed by atoms with Gasteiger partial charge in [0.25, 0.3) is 5.91 Å². The normalized spacial score (nSPS) is 10.6. The Labute approximate surface area is 149 Å². The minimum atomic E-state index is -0.483. The summed E-state index contributed by atoms with van der Waals surface area (Å²) in [5, 5.41) is 2.77. The van der Waals surface area contributed by atoms with Crippen LogP contribution in [-0.4, -0.2) is 25.0 Å². The van der Waals surface area contributed by atoms with E-state index in [9.17, 15) is 9.59 Å². The minimum Gasteiger partial charge on any atom is -0.452 e. The van der Waals surface area contributed by atoms with Crippen LogP contribution in [0.1, 0.15) is 46.8 Å². The van der Waals surface area contributed by atoms with Gasteiger partial charge in [-0.1, -0.05) is 55.8 Å². The van der Waals surface area contributed by atoms with Crippen LogP contribution < -0.4 is 5.32 Å². The van der Waals surface area contributed by atoms with Crippen LogP contribution in [-0.2, 0) is 16.0 Å². The van der Waals surface area contributed by atoms with E-state index in [1.54, 1.807) is 18.2 Å². The molecule has 0 fully saturated rings. The highest BCUT2D eigenvalue weighted by molar-refractivity contribution is 5.91. The number of aryl methyl sites for hydroxylation is 1. The first-order valence-corrected chi connectivity index (χ1v) is 8.55. The highest BCUT2D eigenvalue weighted by Gasteiger charge is 2.10. The van der Waals surface area contributed by atoms with Crippen molar-refractivity contribution in [1.82, 2.24) is 5.32 Å². The predicted octanol–water partition coefficient (Wildman–Crippen LogP) is 3.63. The fraction of sp³-hybridized carbons (Fsp3) is 0.333. The molecule has 0 radical (unpaired) electrons. The molecule has 0 saturated carbocycles. The first-order chi connectivity index (χ1) is 12.0. The Bertz CT molecular complexity index is 720. The summed E-state index contributed by atoms with van der Waals surface area (Å²) < 4.78 is 5.04. The Hall–Kier alpha value is -2.62. The molecule has 0 bridgehead atoms. The molecule has 132 valence electrons. The second-order valence-corrected chi connectivity index (χ2v) is 6.44. The van der Waals surface area contributed by atoms with Crippen molar-refractivity contribution in [2.24, 2.45) is 0 Å². The molecule has 0 aliphatic rings. The van der Waals surface area contributed by atoms with E-state index >= 15 is 0 Å². The molecule has 0 heterocycles. The van der Waals surface area contributed by atoms with Gasteiger partial charge in [-0.15, -0.1) is 0 Å². The fourth-order valence-corrected chi connectivity index (χ4v) is 2.45. The van der Waals surface area contributed by atoms with Gasteiger partial charge in [0.2, 0.25) is 0 Å². The number of carbonyl (C=O) groups is 2. The monoisotopic (exact) mass is 339 g/mol. The average molecular weight is 339 g/mol. The Morgan fingerprint density at radius 3 is 2.44 bits per heavy atom. The SMILES string of the molecule is Cc1cccc(C(=O)OCC(=O)NCCc2ccc(C(C)C)cc2)c1. The predicted molar refractivity (Wildman–Crippen MR) is 98.7 cm³/mol. The van der Waals surface area contributed by atoms with Crippen LogP contribution >= 0.6 is 0 Å². The molecule has 4 heteroatoms. The van der Waals surface area contributed by atoms with Crippen LogP contribution in [0.4, 0.5) is 0 Å². The van der Waals surface area contributed by atoms with E-state index in [2.05, 4.69) is 43.4 Å². The van der Waals surface area contributed by atoms with Crippen LogP contribution in [0.15, 0.2) is 48.5 Å². The summed E-state index contributed by atoms with van der Waals surface area (Å²) >= 11 is 0. The zero-order valence-corrected chi connectivity index (χ0v) is 15.0. The maximum atomic E-state index is 11.9. The molecule has 0 atom stereocenters. The lowest BCUT2D eigenvalue weighted by atomic mass is 10.0. The number of benzene rings is 2. The first kappa shape index (κ1) is 18.7. The molecular weight excluding hydrogens is 314 g/mol. The summed E-state index contributed by atoms with van der Waals surface area (Å²) in [7, 11) is 0. The molecule has 0 aromatic heterocycles. The van der Waals surface area contributed by atoms with Crippen molar-refractivity contribution in [3.63, 3.8) is 0 Å². The van der Waals surface area contributed by atoms with E-state index < -0.39 is 5.97 Å². The molecule has 1 amide bonds. The summed E-state index contributed by atoms with van der Waals surface area (Å²) in [5.41, 5.74) is 3.90. The summed E-state index contributed by atoms with van der Waals surface area (Å²) in [5.74, 6) is -0.264. The molecule has 2 rings (SSSR count). The van der Waals surface area contributed by atoms with Crippen LogP contribution in [0.5, 0.6) is 0 Å². The van der Waals surface area contributed by atoms with Crippen molar-refractivity contribution in [3.8, 4) is 0 Å². The number of rotatable bonds is 7. The summed E-state index contributed by atoms with van der Waals surface area (Å²) in [6.07, 6.45) is 0.746. The lowest BCUT2D eigenvalue weighted by molar-refractivity contribution is -0.124. The lowest BCUT2D eigenvalue weighted by Crippen LogP contribution is -2.30. The Balaban J connectivity index is 1.71. The molecule has 0 aliphatic heterocycles. The van der Waals surface area contributed by atoms with Crippen LogP contribution in [0.2, 0.25) is 0 Å². The van der Waals surface area contributed by atoms with Crippen molar-refractivity contribution >= 4 is 11.9 Å². The fourth-order valence-electron chi connectivity index (χ4n) is 2.45. The third kappa shape index (κ3) is 6.07. The topological polar surface area (TPSA) is 55.4 Å². The molecule has 2 aromatic rings. The third-order valence-corrected chi connectivity index (χ3v) is 3.97. The number of esters is 1. The first-order valence-electron chi connectivity index (χ1n) is 8.55. The van der Waals surface area contributed by atoms with E-state index in [0.29, 0.717) is 18.0 Å². The van der Waals surface area contributed by atoms with Gasteiger partial charge in [0.15, 0.2) is 6.61 Å². The standard InChI is InChI=1S/C21H25NO3/c1-15(2)18-9-7-17(8-10-18)11-12-22-20(23)14-25-21(24)19-6-4-5-16(3)13-19/h4-10,13,15H,11-12,14H2,1-3H3,(H,22,23). The molecule has 0 spiro atoms. The second-order valence-electron chi connectivity index (χ2n) is 6.44. The molecule has 1 N–H and O–H groups in total. The Morgan fingerprint density at radius 2 is 1.80 bits per heavy atom. The number of carbonyl (C=O) groups excluding carboxylic acids is 2. The van der Waals surface area contributed by atoms with Gasteiger partial charge >= 0.3 is 5.97 Å². The maximum Gasteiger partial charge on any atom is 0.338 e. The van der Waals surface area contributed by atoms with E-state index in [4.69, 9.17) is 4.74 Å². The number of ether oxygens (including phenoxy) is 1. The van der Waals surface area contributed by atoms with E-state index in [1.807, 2.05) is 13.0 Å². The zero-order valence-electron chi connectivity index (χ0n) is 15.0. The van der Waals surface area contributed by atoms with Gasteiger partial charge in [0.05, 0.1) is 5.56 Å². The third-order valence-electron chi connectivity index (χ3n) is 3.97. The molecule has 25 heavy (non-hydrogen) atoms. The minimum absolute atomic E-state index is 0.265. The Morgan fingerprint density at radius 1 is 1.08 bits per heavy atom. The van der Waals surface area contributed by atoms with Crippen molar-refractivity contribution in [1.29, 1.82) is 0 Å². The molecular formula is C21H25NO3. The van der Waals surface area contributed by atoms with E-state index in [-0.39, 0.29) is 12.5 Å². The number of hydrogen-bond donors (Lipinski definition) is 1. The van der Waals surface area contributed by atoms with Gasteiger partial charge in [-0.2, -0.15) is 0 Å². The molecule has 0 aliphatic carbocycles. The molecule has 0 unspecified atom stereocenters. The summed E-state index contributed by atoms with van der Waals surface area (Å²) in [4.78, 5) is 23.7. The number of amides is 1. The number of nitrogens with one attached hydrogen (secondary N) is 1. The largest absolute Gasteiger partial charge is 0.452 e. The highest BCUT2D eigenvalue weighted by atomic mass is 16.5. The van der Waals surface area contributed by atoms with Crippen molar-refractivity contribution in [3.05, 3.63) is 70.8 Å². The van der Waals surface area contributed by atoms with Gasteiger partial charge in [-0.05, 0) is 42.5 Å². The van der Waals surface area contributed by atoms with Gasteiger partial charge in [0.1, 0.15) is 0 Å². The zero-order chi connectivity index (χ0) is 18.2. The highest BCUT2D eigenvalue weighted by Crippen LogP contribution is 2.14. The van der Waals surface area contributed by atoms with Crippen LogP contribution in [0, 0.1) is 6.92 Å². The van der Waals surface area contributed by atoms with Gasteiger partial charge in [0, 0.05) is 6.54 Å². The maximum absolute atomic E-state index is 11.9. The summed E-state index contributed by atoms with van der Waals surface area (Å²) in [6.45, 7) is 6.47. The average Bonchev–Trinajstić information content (AvgIpc) is 2.60. The Kier molecular flexibility index (Phi) is 6.75. The van der Waals surface area contributed by atoms with Crippen molar-refractivity contribution in [2.75, 3.05) is 13.2 Å². The second kappa shape index (κ2) is 9.02. The quantitative estimate of drug-likeness (QED) is 0.784. The van der Waals surface area contributed by atoms with Crippen molar-refractivity contribution in [2.45, 2.75) is 33.1 Å². The number of hydrogen-bond acceptors (Lipinski definition) is 3. The lowest BCUT2D eigenvalue weighted by Gasteiger charge is -2.09. The van der Waals surface area contributed by atoms with Gasteiger partial charge in [-0.25, -0.2) is 4.79 Å². The smallest absolute Gasteiger partial charge is 0.338 e. The molecule has 4 nitrogen and oxygen atoms in total. The van der Waals surface area contributed by atoms with Gasteiger partial charge < -0.3 is 10.1 Å². The van der Waals surface area contributed by atoms with E-state index in [1.165, 1.54) is 11.1 Å². The molecule has 2 aromatic carbocycles. The van der Waals surface area contributed by atoms with Gasteiger partial charge in [-0.3, -0.25) is 4.79 Å². The van der Waals surface area contributed by atoms with E-state index in [0.717, 1.165) is 12.0 Å². The van der Waals surface area contributed by atoms with Crippen molar-refractivity contribution < 1.29 is 14.3 Å². The summed E-state index contributed by atoms with van der Waals surface area (Å²) in [6, 6.07) is 15.5.